The zero-order valence-electron chi connectivity index (χ0n) is 12.1. The minimum Gasteiger partial charge on any atom is -0.297 e. The van der Waals surface area contributed by atoms with E-state index in [2.05, 4.69) is 23.9 Å². The van der Waals surface area contributed by atoms with Gasteiger partial charge in [-0.05, 0) is 33.9 Å². The number of rotatable bonds is 7. The number of likely N-dealkylation sites (N-methyl/N-ethyl adjacent to an activating group) is 1. The Hall–Kier alpha value is -1.23. The van der Waals surface area contributed by atoms with E-state index in [1.54, 1.807) is 4.68 Å². The zero-order chi connectivity index (χ0) is 13.8. The first-order valence-corrected chi connectivity index (χ1v) is 6.59. The largest absolute Gasteiger partial charge is 0.297 e. The molecule has 102 valence electrons. The molecule has 5 heteroatoms. The molecule has 0 spiro atoms. The van der Waals surface area contributed by atoms with Gasteiger partial charge in [-0.2, -0.15) is 5.10 Å². The van der Waals surface area contributed by atoms with E-state index < -0.39 is 0 Å². The van der Waals surface area contributed by atoms with E-state index in [0.717, 1.165) is 25.2 Å². The van der Waals surface area contributed by atoms with Crippen LogP contribution in [0.4, 0.5) is 0 Å². The molecule has 0 aliphatic rings. The fourth-order valence-electron chi connectivity index (χ4n) is 2.52. The first-order chi connectivity index (χ1) is 8.51. The van der Waals surface area contributed by atoms with Gasteiger partial charge in [0.2, 0.25) is 0 Å². The fraction of sp³-hybridized carbons (Fsp3) is 0.769. The maximum absolute atomic E-state index is 12.6. The van der Waals surface area contributed by atoms with Crippen LogP contribution < -0.4 is 0 Å². The fourth-order valence-corrected chi connectivity index (χ4v) is 2.52. The Balaban J connectivity index is 2.92. The Morgan fingerprint density at radius 2 is 1.94 bits per heavy atom. The number of aryl methyl sites for hydroxylation is 1. The number of carbonyl (C=O) groups excluding carboxylic acids is 1. The third kappa shape index (κ3) is 2.61. The summed E-state index contributed by atoms with van der Waals surface area (Å²) in [6, 6.07) is 0. The molecular weight excluding hydrogens is 228 g/mol. The molecule has 0 bridgehead atoms. The molecule has 1 aromatic rings. The van der Waals surface area contributed by atoms with E-state index in [4.69, 9.17) is 0 Å². The Labute approximate surface area is 109 Å². The summed E-state index contributed by atoms with van der Waals surface area (Å²) in [4.78, 5) is 18.8. The summed E-state index contributed by atoms with van der Waals surface area (Å²) in [6.07, 6.45) is 3.50. The second kappa shape index (κ2) is 6.09. The van der Waals surface area contributed by atoms with E-state index in [1.807, 2.05) is 25.9 Å². The van der Waals surface area contributed by atoms with Gasteiger partial charge < -0.3 is 0 Å². The third-order valence-corrected chi connectivity index (χ3v) is 3.86. The van der Waals surface area contributed by atoms with Crippen molar-refractivity contribution in [1.29, 1.82) is 0 Å². The van der Waals surface area contributed by atoms with Crippen molar-refractivity contribution in [2.24, 2.45) is 0 Å². The lowest BCUT2D eigenvalue weighted by Crippen LogP contribution is -2.51. The molecule has 0 unspecified atom stereocenters. The lowest BCUT2D eigenvalue weighted by molar-refractivity contribution is -0.129. The molecule has 18 heavy (non-hydrogen) atoms. The average Bonchev–Trinajstić information content (AvgIpc) is 2.78. The van der Waals surface area contributed by atoms with Crippen molar-refractivity contribution in [3.8, 4) is 0 Å². The van der Waals surface area contributed by atoms with Crippen molar-refractivity contribution >= 4 is 5.78 Å². The van der Waals surface area contributed by atoms with Crippen LogP contribution >= 0.6 is 0 Å². The van der Waals surface area contributed by atoms with Crippen molar-refractivity contribution in [3.63, 3.8) is 0 Å². The van der Waals surface area contributed by atoms with Crippen LogP contribution in [0, 0.1) is 0 Å². The van der Waals surface area contributed by atoms with Gasteiger partial charge in [0.05, 0.1) is 12.0 Å². The molecule has 0 amide bonds. The molecule has 0 N–H and O–H groups in total. The molecule has 0 saturated carbocycles. The predicted octanol–water partition coefficient (Wildman–Crippen LogP) is 1.53. The molecule has 0 radical (unpaired) electrons. The van der Waals surface area contributed by atoms with E-state index in [9.17, 15) is 4.79 Å². The van der Waals surface area contributed by atoms with Crippen molar-refractivity contribution in [1.82, 2.24) is 19.7 Å². The molecule has 0 aliphatic carbocycles. The van der Waals surface area contributed by atoms with Gasteiger partial charge in [0, 0.05) is 6.54 Å². The minimum atomic E-state index is -0.384. The molecule has 1 aromatic heterocycles. The molecule has 1 rings (SSSR count). The van der Waals surface area contributed by atoms with Gasteiger partial charge in [-0.25, -0.2) is 9.67 Å². The molecule has 1 heterocycles. The summed E-state index contributed by atoms with van der Waals surface area (Å²) in [5.74, 6) is 0.982. The normalized spacial score (nSPS) is 12.1. The van der Waals surface area contributed by atoms with Crippen LogP contribution in [0.15, 0.2) is 6.33 Å². The van der Waals surface area contributed by atoms with Crippen LogP contribution in [0.25, 0.3) is 0 Å². The summed E-state index contributed by atoms with van der Waals surface area (Å²) in [5, 5.41) is 4.11. The number of carbonyl (C=O) groups is 1. The lowest BCUT2D eigenvalue weighted by Gasteiger charge is -2.37. The molecule has 5 nitrogen and oxygen atoms in total. The Morgan fingerprint density at radius 1 is 1.33 bits per heavy atom. The van der Waals surface area contributed by atoms with Crippen LogP contribution in [0.3, 0.4) is 0 Å². The maximum atomic E-state index is 12.6. The molecule has 0 aliphatic heterocycles. The Morgan fingerprint density at radius 3 is 2.39 bits per heavy atom. The predicted molar refractivity (Wildman–Crippen MR) is 71.4 cm³/mol. The van der Waals surface area contributed by atoms with Gasteiger partial charge in [-0.1, -0.05) is 13.8 Å². The number of hydrogen-bond acceptors (Lipinski definition) is 4. The molecule has 0 saturated heterocycles. The quantitative estimate of drug-likeness (QED) is 0.738. The summed E-state index contributed by atoms with van der Waals surface area (Å²) in [5.41, 5.74) is -0.384. The number of nitrogens with zero attached hydrogens (tertiary/aromatic N) is 4. The van der Waals surface area contributed by atoms with E-state index in [1.165, 1.54) is 6.33 Å². The number of ketones is 1. The van der Waals surface area contributed by atoms with Gasteiger partial charge in [0.1, 0.15) is 12.2 Å². The first-order valence-electron chi connectivity index (χ1n) is 6.59. The Kier molecular flexibility index (Phi) is 5.02. The summed E-state index contributed by atoms with van der Waals surface area (Å²) in [7, 11) is 3.94. The van der Waals surface area contributed by atoms with Crippen LogP contribution in [0.1, 0.15) is 39.4 Å². The highest BCUT2D eigenvalue weighted by atomic mass is 16.1. The van der Waals surface area contributed by atoms with Gasteiger partial charge in [-0.3, -0.25) is 9.69 Å². The van der Waals surface area contributed by atoms with Crippen molar-refractivity contribution in [3.05, 3.63) is 12.2 Å². The van der Waals surface area contributed by atoms with Gasteiger partial charge in [0.25, 0.3) is 0 Å². The van der Waals surface area contributed by atoms with Crippen LogP contribution in [0.2, 0.25) is 0 Å². The molecule has 0 atom stereocenters. The maximum Gasteiger partial charge on any atom is 0.160 e. The first kappa shape index (κ1) is 14.8. The van der Waals surface area contributed by atoms with Gasteiger partial charge in [-0.15, -0.1) is 0 Å². The van der Waals surface area contributed by atoms with Crippen molar-refractivity contribution in [2.75, 3.05) is 14.1 Å². The van der Waals surface area contributed by atoms with E-state index >= 15 is 0 Å². The topological polar surface area (TPSA) is 51.0 Å². The molecular formula is C13H24N4O. The highest BCUT2D eigenvalue weighted by Gasteiger charge is 2.37. The molecule has 0 fully saturated rings. The van der Waals surface area contributed by atoms with Crippen molar-refractivity contribution < 1.29 is 4.79 Å². The third-order valence-electron chi connectivity index (χ3n) is 3.86. The summed E-state index contributed by atoms with van der Waals surface area (Å²) >= 11 is 0. The minimum absolute atomic E-state index is 0.222. The van der Waals surface area contributed by atoms with E-state index in [0.29, 0.717) is 6.42 Å². The van der Waals surface area contributed by atoms with Gasteiger partial charge >= 0.3 is 0 Å². The molecule has 0 aromatic carbocycles. The van der Waals surface area contributed by atoms with Gasteiger partial charge in [0.15, 0.2) is 5.78 Å². The second-order valence-electron chi connectivity index (χ2n) is 4.73. The lowest BCUT2D eigenvalue weighted by atomic mass is 9.85. The summed E-state index contributed by atoms with van der Waals surface area (Å²) < 4.78 is 1.78. The van der Waals surface area contributed by atoms with Crippen LogP contribution in [-0.2, 0) is 17.8 Å². The average molecular weight is 252 g/mol. The smallest absolute Gasteiger partial charge is 0.160 e. The monoisotopic (exact) mass is 252 g/mol. The standard InChI is InChI=1S/C13H24N4O/c1-6-13(7-2,16(4)5)11(18)9-12-14-10-15-17(12)8-3/h10H,6-9H2,1-5H3. The van der Waals surface area contributed by atoms with Crippen molar-refractivity contribution in [2.45, 2.75) is 52.1 Å². The number of Topliss-reactive ketones (excluding diaryl/α,β-unsaturated/α-hetero) is 1. The zero-order valence-corrected chi connectivity index (χ0v) is 12.1. The van der Waals surface area contributed by atoms with Crippen LogP contribution in [-0.4, -0.2) is 45.1 Å². The highest BCUT2D eigenvalue weighted by molar-refractivity contribution is 5.89. The second-order valence-corrected chi connectivity index (χ2v) is 4.73. The number of hydrogen-bond donors (Lipinski definition) is 0. The van der Waals surface area contributed by atoms with E-state index in [-0.39, 0.29) is 11.3 Å². The van der Waals surface area contributed by atoms with Crippen LogP contribution in [0.5, 0.6) is 0 Å². The summed E-state index contributed by atoms with van der Waals surface area (Å²) in [6.45, 7) is 6.87. The highest BCUT2D eigenvalue weighted by Crippen LogP contribution is 2.24. The Bertz CT molecular complexity index is 393. The number of aromatic nitrogens is 3. The SMILES string of the molecule is CCn1ncnc1CC(=O)C(CC)(CC)N(C)C.